The lowest BCUT2D eigenvalue weighted by Gasteiger charge is -2.16. The van der Waals surface area contributed by atoms with E-state index in [4.69, 9.17) is 10.5 Å². The maximum Gasteiger partial charge on any atom is 0.125 e. The molecule has 0 bridgehead atoms. The average Bonchev–Trinajstić information content (AvgIpc) is 2.39. The van der Waals surface area contributed by atoms with Crippen LogP contribution in [0.5, 0.6) is 5.75 Å². The van der Waals surface area contributed by atoms with Crippen molar-refractivity contribution in [2.75, 3.05) is 0 Å². The molecule has 0 saturated carbocycles. The predicted molar refractivity (Wildman–Crippen MR) is 88.8 cm³/mol. The summed E-state index contributed by atoms with van der Waals surface area (Å²) in [5.74, 6) is 0.978. The van der Waals surface area contributed by atoms with Crippen LogP contribution in [0.25, 0.3) is 0 Å². The second-order valence-corrected chi connectivity index (χ2v) is 5.93. The fraction of sp³-hybridized carbons (Fsp3) is 0.368. The van der Waals surface area contributed by atoms with E-state index in [1.54, 1.807) is 0 Å². The van der Waals surface area contributed by atoms with Crippen molar-refractivity contribution >= 4 is 0 Å². The molecule has 0 amide bonds. The molecule has 2 N–H and O–H groups in total. The highest BCUT2D eigenvalue weighted by molar-refractivity contribution is 5.44. The van der Waals surface area contributed by atoms with Gasteiger partial charge in [-0.2, -0.15) is 0 Å². The molecule has 0 aliphatic rings. The number of hydrogen-bond donors (Lipinski definition) is 1. The molecule has 0 fully saturated rings. The zero-order chi connectivity index (χ0) is 15.6. The Balaban J connectivity index is 2.25. The Kier molecular flexibility index (Phi) is 4.69. The molecule has 0 spiro atoms. The van der Waals surface area contributed by atoms with Gasteiger partial charge in [0.1, 0.15) is 12.4 Å². The monoisotopic (exact) mass is 283 g/mol. The summed E-state index contributed by atoms with van der Waals surface area (Å²) in [6.07, 6.45) is 0. The lowest BCUT2D eigenvalue weighted by Crippen LogP contribution is -2.05. The highest BCUT2D eigenvalue weighted by atomic mass is 16.5. The van der Waals surface area contributed by atoms with Gasteiger partial charge in [0.15, 0.2) is 0 Å². The summed E-state index contributed by atoms with van der Waals surface area (Å²) in [7, 11) is 0. The molecule has 2 rings (SSSR count). The van der Waals surface area contributed by atoms with Crippen molar-refractivity contribution < 1.29 is 4.74 Å². The molecule has 112 valence electrons. The maximum absolute atomic E-state index is 6.11. The largest absolute Gasteiger partial charge is 0.488 e. The van der Waals surface area contributed by atoms with E-state index in [-0.39, 0.29) is 0 Å². The molecule has 0 heterocycles. The van der Waals surface area contributed by atoms with Crippen LogP contribution in [-0.4, -0.2) is 0 Å². The van der Waals surface area contributed by atoms with Crippen LogP contribution in [0.3, 0.4) is 0 Å². The number of ether oxygens (including phenoxy) is 1. The van der Waals surface area contributed by atoms with Crippen molar-refractivity contribution in [3.05, 3.63) is 63.2 Å². The van der Waals surface area contributed by atoms with Crippen molar-refractivity contribution in [2.24, 2.45) is 5.73 Å². The molecule has 0 unspecified atom stereocenters. The topological polar surface area (TPSA) is 35.2 Å². The van der Waals surface area contributed by atoms with E-state index in [9.17, 15) is 0 Å². The highest BCUT2D eigenvalue weighted by Gasteiger charge is 2.09. The van der Waals surface area contributed by atoms with Gasteiger partial charge in [0.2, 0.25) is 0 Å². The molecule has 0 radical (unpaired) electrons. The standard InChI is InChI=1S/C19H25NO/c1-12-6-13(2)18(14(3)7-12)11-21-19-15(4)8-17(10-20)9-16(19)5/h6-9H,10-11,20H2,1-5H3. The van der Waals surface area contributed by atoms with Crippen molar-refractivity contribution in [1.82, 2.24) is 0 Å². The first-order chi connectivity index (χ1) is 9.92. The molecular weight excluding hydrogens is 258 g/mol. The number of aryl methyl sites for hydroxylation is 5. The molecule has 2 nitrogen and oxygen atoms in total. The van der Waals surface area contributed by atoms with Crippen LogP contribution < -0.4 is 10.5 Å². The molecule has 0 aromatic heterocycles. The molecular formula is C19H25NO. The predicted octanol–water partition coefficient (Wildman–Crippen LogP) is 4.27. The average molecular weight is 283 g/mol. The van der Waals surface area contributed by atoms with E-state index >= 15 is 0 Å². The Hall–Kier alpha value is -1.80. The van der Waals surface area contributed by atoms with E-state index in [2.05, 4.69) is 58.9 Å². The van der Waals surface area contributed by atoms with Gasteiger partial charge in [-0.25, -0.2) is 0 Å². The van der Waals surface area contributed by atoms with E-state index in [1.807, 2.05) is 0 Å². The van der Waals surface area contributed by atoms with Crippen LogP contribution in [0.1, 0.15) is 38.9 Å². The lowest BCUT2D eigenvalue weighted by molar-refractivity contribution is 0.300. The Morgan fingerprint density at radius 3 is 1.81 bits per heavy atom. The van der Waals surface area contributed by atoms with Crippen LogP contribution in [0.4, 0.5) is 0 Å². The normalized spacial score (nSPS) is 10.8. The van der Waals surface area contributed by atoms with Crippen molar-refractivity contribution in [3.63, 3.8) is 0 Å². The van der Waals surface area contributed by atoms with Gasteiger partial charge < -0.3 is 10.5 Å². The number of nitrogens with two attached hydrogens (primary N) is 1. The minimum atomic E-state index is 0.568. The first-order valence-electron chi connectivity index (χ1n) is 7.42. The van der Waals surface area contributed by atoms with Gasteiger partial charge in [-0.15, -0.1) is 0 Å². The zero-order valence-electron chi connectivity index (χ0n) is 13.7. The molecule has 0 aliphatic heterocycles. The molecule has 2 aromatic carbocycles. The summed E-state index contributed by atoms with van der Waals surface area (Å²) in [6.45, 7) is 11.8. The van der Waals surface area contributed by atoms with Gasteiger partial charge in [-0.1, -0.05) is 29.8 Å². The third-order valence-electron chi connectivity index (χ3n) is 3.96. The van der Waals surface area contributed by atoms with Gasteiger partial charge in [0, 0.05) is 6.54 Å². The van der Waals surface area contributed by atoms with E-state index < -0.39 is 0 Å². The minimum absolute atomic E-state index is 0.568. The van der Waals surface area contributed by atoms with Crippen molar-refractivity contribution in [2.45, 2.75) is 47.8 Å². The van der Waals surface area contributed by atoms with Crippen LogP contribution in [0.2, 0.25) is 0 Å². The maximum atomic E-state index is 6.11. The van der Waals surface area contributed by atoms with Crippen LogP contribution in [0, 0.1) is 34.6 Å². The third kappa shape index (κ3) is 3.45. The first kappa shape index (κ1) is 15.6. The van der Waals surface area contributed by atoms with E-state index in [0.29, 0.717) is 13.2 Å². The van der Waals surface area contributed by atoms with Gasteiger partial charge in [-0.3, -0.25) is 0 Å². The molecule has 21 heavy (non-hydrogen) atoms. The van der Waals surface area contributed by atoms with Gasteiger partial charge >= 0.3 is 0 Å². The first-order valence-corrected chi connectivity index (χ1v) is 7.42. The lowest BCUT2D eigenvalue weighted by atomic mass is 10.0. The Morgan fingerprint density at radius 2 is 1.33 bits per heavy atom. The van der Waals surface area contributed by atoms with Gasteiger partial charge in [-0.05, 0) is 68.0 Å². The van der Waals surface area contributed by atoms with E-state index in [0.717, 1.165) is 22.4 Å². The SMILES string of the molecule is Cc1cc(C)c(COc2c(C)cc(CN)cc2C)c(C)c1. The fourth-order valence-electron chi connectivity index (χ4n) is 2.97. The summed E-state index contributed by atoms with van der Waals surface area (Å²) in [4.78, 5) is 0. The minimum Gasteiger partial charge on any atom is -0.488 e. The highest BCUT2D eigenvalue weighted by Crippen LogP contribution is 2.27. The molecule has 0 saturated heterocycles. The second-order valence-electron chi connectivity index (χ2n) is 5.93. The summed E-state index contributed by atoms with van der Waals surface area (Å²) >= 11 is 0. The van der Waals surface area contributed by atoms with Crippen molar-refractivity contribution in [1.29, 1.82) is 0 Å². The molecule has 2 aromatic rings. The van der Waals surface area contributed by atoms with E-state index in [1.165, 1.54) is 22.3 Å². The fourth-order valence-corrected chi connectivity index (χ4v) is 2.97. The molecule has 2 heteroatoms. The Labute approximate surface area is 127 Å². The summed E-state index contributed by atoms with van der Waals surface area (Å²) < 4.78 is 6.11. The Bertz CT molecular complexity index is 613. The van der Waals surface area contributed by atoms with Crippen LogP contribution >= 0.6 is 0 Å². The number of benzene rings is 2. The molecule has 0 atom stereocenters. The quantitative estimate of drug-likeness (QED) is 0.909. The number of rotatable bonds is 4. The summed E-state index contributed by atoms with van der Waals surface area (Å²) in [5.41, 5.74) is 14.3. The zero-order valence-corrected chi connectivity index (χ0v) is 13.7. The van der Waals surface area contributed by atoms with Crippen molar-refractivity contribution in [3.8, 4) is 5.75 Å². The smallest absolute Gasteiger partial charge is 0.125 e. The number of hydrogen-bond acceptors (Lipinski definition) is 2. The summed E-state index contributed by atoms with van der Waals surface area (Å²) in [6, 6.07) is 8.64. The third-order valence-corrected chi connectivity index (χ3v) is 3.96. The summed E-state index contributed by atoms with van der Waals surface area (Å²) in [5, 5.41) is 0. The Morgan fingerprint density at radius 1 is 0.810 bits per heavy atom. The van der Waals surface area contributed by atoms with Gasteiger partial charge in [0.25, 0.3) is 0 Å². The van der Waals surface area contributed by atoms with Crippen LogP contribution in [0.15, 0.2) is 24.3 Å². The van der Waals surface area contributed by atoms with Gasteiger partial charge in [0.05, 0.1) is 0 Å². The molecule has 0 aliphatic carbocycles. The second kappa shape index (κ2) is 6.31. The van der Waals surface area contributed by atoms with Crippen LogP contribution in [-0.2, 0) is 13.2 Å².